The molecule has 0 amide bonds. The Balaban J connectivity index is 1.36. The van der Waals surface area contributed by atoms with Crippen molar-refractivity contribution < 1.29 is 0 Å². The van der Waals surface area contributed by atoms with Gasteiger partial charge in [-0.2, -0.15) is 0 Å². The second-order valence-corrected chi connectivity index (χ2v) is 15.4. The third kappa shape index (κ3) is 11.5. The highest BCUT2D eigenvalue weighted by Gasteiger charge is 2.21. The molecular formula is C36H40Br4N4. The molecule has 0 saturated carbocycles. The smallest absolute Gasteiger partial charge is 0.0233 e. The number of rotatable bonds is 8. The van der Waals surface area contributed by atoms with E-state index in [1.165, 1.54) is 22.3 Å². The van der Waals surface area contributed by atoms with Gasteiger partial charge in [0.2, 0.25) is 0 Å². The molecule has 5 rings (SSSR count). The lowest BCUT2D eigenvalue weighted by Crippen LogP contribution is -2.55. The number of nitrogens with one attached hydrogen (secondary N) is 4. The molecule has 0 aromatic heterocycles. The summed E-state index contributed by atoms with van der Waals surface area (Å²) in [5, 5.41) is 15.9. The van der Waals surface area contributed by atoms with Crippen molar-refractivity contribution in [3.8, 4) is 0 Å². The van der Waals surface area contributed by atoms with E-state index in [1.807, 2.05) is 0 Å². The van der Waals surface area contributed by atoms with Gasteiger partial charge in [-0.1, -0.05) is 112 Å². The highest BCUT2D eigenvalue weighted by Crippen LogP contribution is 2.16. The predicted octanol–water partition coefficient (Wildman–Crippen LogP) is 7.85. The van der Waals surface area contributed by atoms with E-state index in [4.69, 9.17) is 0 Å². The maximum atomic E-state index is 3.97. The zero-order valence-corrected chi connectivity index (χ0v) is 31.1. The Morgan fingerprint density at radius 3 is 0.705 bits per heavy atom. The molecule has 8 heteroatoms. The zero-order chi connectivity index (χ0) is 30.7. The largest absolute Gasteiger partial charge is 0.311 e. The molecule has 4 N–H and O–H groups in total. The second kappa shape index (κ2) is 17.5. The van der Waals surface area contributed by atoms with Crippen molar-refractivity contribution in [1.82, 2.24) is 21.3 Å². The monoisotopic (exact) mass is 844 g/mol. The summed E-state index contributed by atoms with van der Waals surface area (Å²) < 4.78 is 4.46. The molecular weight excluding hydrogens is 808 g/mol. The van der Waals surface area contributed by atoms with E-state index in [2.05, 4.69) is 182 Å². The first-order valence-corrected chi connectivity index (χ1v) is 18.5. The van der Waals surface area contributed by atoms with E-state index in [-0.39, 0.29) is 0 Å². The number of halogens is 4. The van der Waals surface area contributed by atoms with Crippen LogP contribution in [-0.4, -0.2) is 50.3 Å². The summed E-state index contributed by atoms with van der Waals surface area (Å²) in [5.41, 5.74) is 5.37. The van der Waals surface area contributed by atoms with Crippen LogP contribution in [0.4, 0.5) is 0 Å². The lowest BCUT2D eigenvalue weighted by molar-refractivity contribution is 0.342. The third-order valence-corrected chi connectivity index (χ3v) is 10.3. The Bertz CT molecular complexity index is 1170. The Morgan fingerprint density at radius 1 is 0.341 bits per heavy atom. The van der Waals surface area contributed by atoms with Gasteiger partial charge in [0.05, 0.1) is 0 Å². The van der Waals surface area contributed by atoms with Crippen molar-refractivity contribution >= 4 is 63.7 Å². The van der Waals surface area contributed by atoms with E-state index in [1.54, 1.807) is 0 Å². The van der Waals surface area contributed by atoms with Gasteiger partial charge in [-0.05, 0) is 96.5 Å². The fourth-order valence-electron chi connectivity index (χ4n) is 5.72. The molecule has 4 aromatic rings. The van der Waals surface area contributed by atoms with Crippen molar-refractivity contribution in [2.24, 2.45) is 0 Å². The average molecular weight is 848 g/mol. The van der Waals surface area contributed by atoms with E-state index >= 15 is 0 Å². The molecule has 232 valence electrons. The first kappa shape index (κ1) is 34.0. The van der Waals surface area contributed by atoms with Crippen LogP contribution in [0.5, 0.6) is 0 Å². The first-order chi connectivity index (χ1) is 21.4. The lowest BCUT2D eigenvalue weighted by Gasteiger charge is -2.31. The molecule has 0 spiro atoms. The van der Waals surface area contributed by atoms with Crippen LogP contribution in [0.2, 0.25) is 0 Å². The molecule has 1 heterocycles. The number of hydrogen-bond acceptors (Lipinski definition) is 4. The van der Waals surface area contributed by atoms with Gasteiger partial charge in [-0.25, -0.2) is 0 Å². The van der Waals surface area contributed by atoms with Crippen LogP contribution in [0.3, 0.4) is 0 Å². The van der Waals surface area contributed by atoms with Crippen molar-refractivity contribution in [2.75, 3.05) is 26.2 Å². The molecule has 1 fully saturated rings. The highest BCUT2D eigenvalue weighted by molar-refractivity contribution is 9.11. The zero-order valence-electron chi connectivity index (χ0n) is 24.7. The minimum atomic E-state index is 0.302. The van der Waals surface area contributed by atoms with Crippen LogP contribution < -0.4 is 21.3 Å². The maximum absolute atomic E-state index is 3.97. The van der Waals surface area contributed by atoms with Gasteiger partial charge in [0.25, 0.3) is 0 Å². The quantitative estimate of drug-likeness (QED) is 0.146. The van der Waals surface area contributed by atoms with Crippen LogP contribution >= 0.6 is 63.7 Å². The van der Waals surface area contributed by atoms with Gasteiger partial charge in [-0.3, -0.25) is 0 Å². The molecule has 44 heavy (non-hydrogen) atoms. The van der Waals surface area contributed by atoms with E-state index in [0.717, 1.165) is 69.8 Å². The lowest BCUT2D eigenvalue weighted by atomic mass is 10.00. The highest BCUT2D eigenvalue weighted by atomic mass is 79.9. The van der Waals surface area contributed by atoms with Crippen molar-refractivity contribution in [3.05, 3.63) is 137 Å². The number of hydrogen-bond donors (Lipinski definition) is 4. The van der Waals surface area contributed by atoms with Crippen LogP contribution in [0, 0.1) is 0 Å². The molecule has 0 aliphatic carbocycles. The molecule has 1 aliphatic rings. The van der Waals surface area contributed by atoms with Gasteiger partial charge in [0.15, 0.2) is 0 Å². The van der Waals surface area contributed by atoms with Crippen molar-refractivity contribution in [2.45, 2.75) is 49.9 Å². The summed E-state index contributed by atoms with van der Waals surface area (Å²) in [6.45, 7) is 3.56. The summed E-state index contributed by atoms with van der Waals surface area (Å²) in [6.07, 6.45) is 3.87. The molecule has 4 atom stereocenters. The SMILES string of the molecule is Brc1ccc(C[C@H]2CN[C@@H](Cc3ccc(Br)cc3)CN[C@@H](Cc3ccc(Br)cc3)CN[C@@H](Cc3ccc(Br)cc3)CN2)cc1. The van der Waals surface area contributed by atoms with Crippen LogP contribution in [0.15, 0.2) is 115 Å². The summed E-state index contributed by atoms with van der Waals surface area (Å²) >= 11 is 14.4. The standard InChI is InChI=1S/C36H40Br4N4/c37-29-9-1-25(2-10-29)17-33-21-42-35(19-27-5-13-31(39)14-6-27)23-44-36(20-28-7-15-32(40)16-8-28)24-43-34(22-41-33)18-26-3-11-30(38)12-4-26/h1-16,33-36,41-44H,17-24H2/t33-,34-,35-,36-/m0/s1. The summed E-state index contributed by atoms with van der Waals surface area (Å²) in [4.78, 5) is 0. The molecule has 0 unspecified atom stereocenters. The van der Waals surface area contributed by atoms with Gasteiger partial charge < -0.3 is 21.3 Å². The van der Waals surface area contributed by atoms with E-state index in [0.29, 0.717) is 24.2 Å². The Kier molecular flexibility index (Phi) is 13.5. The van der Waals surface area contributed by atoms with Crippen LogP contribution in [0.25, 0.3) is 0 Å². The molecule has 1 aliphatic heterocycles. The number of benzene rings is 4. The molecule has 4 nitrogen and oxygen atoms in total. The fraction of sp³-hybridized carbons (Fsp3) is 0.333. The molecule has 0 bridgehead atoms. The van der Waals surface area contributed by atoms with Crippen molar-refractivity contribution in [1.29, 1.82) is 0 Å². The normalized spacial score (nSPS) is 21.7. The van der Waals surface area contributed by atoms with Gasteiger partial charge in [0, 0.05) is 68.2 Å². The Morgan fingerprint density at radius 2 is 0.523 bits per heavy atom. The minimum absolute atomic E-state index is 0.302. The van der Waals surface area contributed by atoms with E-state index in [9.17, 15) is 0 Å². The van der Waals surface area contributed by atoms with Crippen LogP contribution in [-0.2, 0) is 25.7 Å². The molecule has 1 saturated heterocycles. The maximum Gasteiger partial charge on any atom is 0.0233 e. The fourth-order valence-corrected chi connectivity index (χ4v) is 6.78. The van der Waals surface area contributed by atoms with Crippen LogP contribution in [0.1, 0.15) is 22.3 Å². The summed E-state index contributed by atoms with van der Waals surface area (Å²) in [7, 11) is 0. The van der Waals surface area contributed by atoms with Crippen molar-refractivity contribution in [3.63, 3.8) is 0 Å². The summed E-state index contributed by atoms with van der Waals surface area (Å²) in [5.74, 6) is 0. The molecule has 0 radical (unpaired) electrons. The third-order valence-electron chi connectivity index (χ3n) is 8.19. The average Bonchev–Trinajstić information content (AvgIpc) is 3.02. The predicted molar refractivity (Wildman–Crippen MR) is 199 cm³/mol. The Labute approximate surface area is 296 Å². The summed E-state index contributed by atoms with van der Waals surface area (Å²) in [6, 6.07) is 36.2. The Hall–Kier alpha value is -1.36. The topological polar surface area (TPSA) is 48.1 Å². The second-order valence-electron chi connectivity index (χ2n) is 11.7. The van der Waals surface area contributed by atoms with Gasteiger partial charge >= 0.3 is 0 Å². The minimum Gasteiger partial charge on any atom is -0.311 e. The molecule has 4 aromatic carbocycles. The van der Waals surface area contributed by atoms with Gasteiger partial charge in [0.1, 0.15) is 0 Å². The first-order valence-electron chi connectivity index (χ1n) is 15.3. The van der Waals surface area contributed by atoms with E-state index < -0.39 is 0 Å². The van der Waals surface area contributed by atoms with Gasteiger partial charge in [-0.15, -0.1) is 0 Å².